The van der Waals surface area contributed by atoms with Gasteiger partial charge in [-0.2, -0.15) is 0 Å². The number of amides is 6. The Morgan fingerprint density at radius 3 is 1.87 bits per heavy atom. The van der Waals surface area contributed by atoms with Crippen LogP contribution in [-0.4, -0.2) is 95.8 Å². The van der Waals surface area contributed by atoms with Crippen LogP contribution in [0, 0.1) is 0 Å². The fourth-order valence-electron chi connectivity index (χ4n) is 10.7. The molecule has 6 aliphatic rings. The minimum Gasteiger partial charge on any atom is -0.508 e. The van der Waals surface area contributed by atoms with Crippen LogP contribution in [0.25, 0.3) is 11.1 Å². The van der Waals surface area contributed by atoms with Gasteiger partial charge in [0.25, 0.3) is 0 Å². The third kappa shape index (κ3) is 12.2. The molecule has 0 radical (unpaired) electrons. The van der Waals surface area contributed by atoms with Gasteiger partial charge in [0.1, 0.15) is 82.6 Å². The Balaban J connectivity index is 1.13. The summed E-state index contributed by atoms with van der Waals surface area (Å²) in [4.78, 5) is 104. The number of phenolic OH excluding ortho intramolecular Hbond substituents is 5. The number of nitrogens with one attached hydrogen (secondary N) is 6. The molecule has 13 rings (SSSR count). The number of hydrogen-bond donors (Lipinski definition) is 14. The van der Waals surface area contributed by atoms with Crippen molar-refractivity contribution in [1.29, 1.82) is 0 Å². The molecule has 25 nitrogen and oxygen atoms in total. The number of aliphatic carboxylic acids is 1. The smallest absolute Gasteiger partial charge is 0.330 e. The zero-order valence-electron chi connectivity index (χ0n) is 46.4. The maximum Gasteiger partial charge on any atom is 0.330 e. The van der Waals surface area contributed by atoms with Gasteiger partial charge in [0, 0.05) is 35.2 Å². The third-order valence-corrected chi connectivity index (χ3v) is 15.8. The number of aromatic hydroxyl groups is 5. The highest BCUT2D eigenvalue weighted by Gasteiger charge is 2.41. The van der Waals surface area contributed by atoms with Gasteiger partial charge in [-0.05, 0) is 119 Å². The average molecular weight is 1260 g/mol. The number of carboxylic acids is 1. The molecule has 6 aliphatic heterocycles. The molecule has 17 bridgehead atoms. The molecule has 8 atom stereocenters. The lowest BCUT2D eigenvalue weighted by molar-refractivity contribution is -0.143. The van der Waals surface area contributed by atoms with E-state index in [0.29, 0.717) is 12.0 Å². The summed E-state index contributed by atoms with van der Waals surface area (Å²) in [5, 5.41) is 94.4. The predicted octanol–water partition coefficient (Wildman–Crippen LogP) is 6.46. The fourth-order valence-corrected chi connectivity index (χ4v) is 11.1. The lowest BCUT2D eigenvalue weighted by Gasteiger charge is -2.31. The molecule has 27 heteroatoms. The summed E-state index contributed by atoms with van der Waals surface area (Å²) in [5.74, 6) is -13.5. The zero-order chi connectivity index (χ0) is 63.3. The highest BCUT2D eigenvalue weighted by atomic mass is 35.5. The highest BCUT2D eigenvalue weighted by Crippen LogP contribution is 2.49. The molecule has 458 valence electrons. The van der Waals surface area contributed by atoms with E-state index in [1.807, 2.05) is 6.92 Å². The predicted molar refractivity (Wildman–Crippen MR) is 314 cm³/mol. The van der Waals surface area contributed by atoms with E-state index in [2.05, 4.69) is 31.9 Å². The summed E-state index contributed by atoms with van der Waals surface area (Å²) in [6, 6.07) is 9.98. The molecular formula is C62H53Cl2N7O18. The molecule has 8 unspecified atom stereocenters. The summed E-state index contributed by atoms with van der Waals surface area (Å²) in [5.41, 5.74) is 4.63. The normalized spacial score (nSPS) is 21.5. The summed E-state index contributed by atoms with van der Waals surface area (Å²) in [6.45, 7) is 2.22. The standard InChI is InChI=1S/C62H53Cl2N7O18/c1-2-3-12-86-42-11-6-26-19-43(42)88-34-15-28(14-31(72)22-34)48-58(80)69-50-30-20-44(87-33-8-4-25(5-9-33)13-39(56(78)67-48)66-57(79)47(26)65)55(77)45(21-30)89-41-10-7-27(17-37(41)63)53(75)52-61(83)70-51(62(84)85)35-23-32(73)24-40(74)46(35)36-16-29(18-38(64)54(36)76)49(60(82)71-52)68-59(50)81/h4-11,14-24,39,47-53,72-77H,2-3,12-13,65H2,1H3,(H,66,79)(H,67,78)(H,68,81)(H,69,80)(H,70,83)(H,71,82)(H,84,85). The van der Waals surface area contributed by atoms with Gasteiger partial charge >= 0.3 is 5.97 Å². The van der Waals surface area contributed by atoms with Crippen molar-refractivity contribution in [2.24, 2.45) is 5.73 Å². The van der Waals surface area contributed by atoms with Crippen molar-refractivity contribution in [2.75, 3.05) is 6.61 Å². The number of carboxylic acid groups (broad SMARTS) is 1. The number of aliphatic hydroxyl groups excluding tert-OH is 1. The number of fused-ring (bicyclic) bond motifs is 14. The number of aliphatic hydroxyl groups is 1. The van der Waals surface area contributed by atoms with Gasteiger partial charge in [-0.25, -0.2) is 4.79 Å². The van der Waals surface area contributed by atoms with Gasteiger partial charge in [0.2, 0.25) is 41.2 Å². The molecule has 0 saturated carbocycles. The van der Waals surface area contributed by atoms with E-state index in [-0.39, 0.29) is 74.6 Å². The minimum absolute atomic E-state index is 0.0407. The van der Waals surface area contributed by atoms with Crippen molar-refractivity contribution in [3.05, 3.63) is 164 Å². The second kappa shape index (κ2) is 24.4. The number of benzene rings is 7. The van der Waals surface area contributed by atoms with Crippen LogP contribution in [0.5, 0.6) is 69.0 Å². The van der Waals surface area contributed by atoms with Gasteiger partial charge < -0.3 is 92.3 Å². The molecule has 0 aromatic heterocycles. The topological polar surface area (TPSA) is 396 Å². The number of phenols is 5. The summed E-state index contributed by atoms with van der Waals surface area (Å²) >= 11 is 13.5. The van der Waals surface area contributed by atoms with E-state index in [9.17, 15) is 54.9 Å². The van der Waals surface area contributed by atoms with Gasteiger partial charge in [0.05, 0.1) is 16.7 Å². The van der Waals surface area contributed by atoms with Gasteiger partial charge in [-0.3, -0.25) is 28.8 Å². The first-order valence-electron chi connectivity index (χ1n) is 27.5. The molecule has 6 heterocycles. The lowest BCUT2D eigenvalue weighted by Crippen LogP contribution is -2.55. The van der Waals surface area contributed by atoms with Crippen molar-refractivity contribution >= 4 is 64.6 Å². The molecular weight excluding hydrogens is 1200 g/mol. The number of carbonyl (C=O) groups excluding carboxylic acids is 6. The van der Waals surface area contributed by atoms with E-state index < -0.39 is 152 Å². The summed E-state index contributed by atoms with van der Waals surface area (Å²) in [7, 11) is 0. The minimum atomic E-state index is -2.21. The molecule has 0 spiro atoms. The Kier molecular flexibility index (Phi) is 16.5. The van der Waals surface area contributed by atoms with E-state index >= 15 is 14.4 Å². The van der Waals surface area contributed by atoms with Crippen LogP contribution < -0.4 is 56.6 Å². The molecule has 0 fully saturated rings. The molecule has 7 aromatic rings. The molecule has 0 saturated heterocycles. The summed E-state index contributed by atoms with van der Waals surface area (Å²) in [6.07, 6.45) is -0.952. The van der Waals surface area contributed by atoms with Crippen molar-refractivity contribution in [3.8, 4) is 80.1 Å². The van der Waals surface area contributed by atoms with Crippen LogP contribution in [0.1, 0.15) is 95.0 Å². The second-order valence-corrected chi connectivity index (χ2v) is 22.1. The van der Waals surface area contributed by atoms with Crippen molar-refractivity contribution < 1.29 is 88.3 Å². The van der Waals surface area contributed by atoms with Crippen LogP contribution in [0.3, 0.4) is 0 Å². The Bertz CT molecular complexity index is 4090. The zero-order valence-corrected chi connectivity index (χ0v) is 47.9. The molecule has 15 N–H and O–H groups in total. The monoisotopic (exact) mass is 1250 g/mol. The number of halogens is 2. The number of ether oxygens (including phenoxy) is 4. The maximum absolute atomic E-state index is 15.8. The van der Waals surface area contributed by atoms with Gasteiger partial charge in [-0.1, -0.05) is 60.8 Å². The van der Waals surface area contributed by atoms with E-state index in [0.717, 1.165) is 55.0 Å². The number of hydrogen-bond acceptors (Lipinski definition) is 18. The second-order valence-electron chi connectivity index (χ2n) is 21.3. The fraction of sp³-hybridized carbons (Fsp3) is 0.210. The largest absolute Gasteiger partial charge is 0.508 e. The first-order valence-corrected chi connectivity index (χ1v) is 28.2. The number of nitrogens with two attached hydrogens (primary N) is 1. The van der Waals surface area contributed by atoms with Crippen LogP contribution in [-0.2, 0) is 40.0 Å². The Morgan fingerprint density at radius 1 is 0.573 bits per heavy atom. The Morgan fingerprint density at radius 2 is 1.18 bits per heavy atom. The van der Waals surface area contributed by atoms with Crippen LogP contribution in [0.4, 0.5) is 0 Å². The van der Waals surface area contributed by atoms with Crippen molar-refractivity contribution in [2.45, 2.75) is 74.6 Å². The number of carbonyl (C=O) groups is 7. The van der Waals surface area contributed by atoms with Gasteiger partial charge in [-0.15, -0.1) is 0 Å². The molecule has 6 amide bonds. The highest BCUT2D eigenvalue weighted by molar-refractivity contribution is 6.33. The quantitative estimate of drug-likeness (QED) is 0.0822. The molecule has 7 aromatic carbocycles. The molecule has 0 aliphatic carbocycles. The van der Waals surface area contributed by atoms with Crippen molar-refractivity contribution in [1.82, 2.24) is 31.9 Å². The van der Waals surface area contributed by atoms with E-state index in [4.69, 9.17) is 47.9 Å². The van der Waals surface area contributed by atoms with Crippen LogP contribution in [0.2, 0.25) is 10.0 Å². The molecule has 89 heavy (non-hydrogen) atoms. The lowest BCUT2D eigenvalue weighted by atomic mass is 9.89. The first-order chi connectivity index (χ1) is 42.5. The third-order valence-electron chi connectivity index (χ3n) is 15.2. The Labute approximate surface area is 513 Å². The van der Waals surface area contributed by atoms with Crippen LogP contribution in [0.15, 0.2) is 115 Å². The maximum atomic E-state index is 15.8. The van der Waals surface area contributed by atoms with E-state index in [1.54, 1.807) is 24.3 Å². The number of rotatable bonds is 5. The number of unbranched alkanes of at least 4 members (excludes halogenated alkanes) is 1. The first kappa shape index (κ1) is 60.2. The summed E-state index contributed by atoms with van der Waals surface area (Å²) < 4.78 is 24.9. The van der Waals surface area contributed by atoms with Crippen LogP contribution >= 0.6 is 23.2 Å². The van der Waals surface area contributed by atoms with E-state index in [1.165, 1.54) is 42.5 Å². The average Bonchev–Trinajstić information content (AvgIpc) is 0.992. The van der Waals surface area contributed by atoms with Crippen molar-refractivity contribution in [3.63, 3.8) is 0 Å². The van der Waals surface area contributed by atoms with Gasteiger partial charge in [0.15, 0.2) is 29.0 Å². The Hall–Kier alpha value is -10.5. The SMILES string of the molecule is CCCCOc1ccc2cc1Oc1cc(O)cc(c1)C1NC(=O)C(Cc3ccc(cc3)Oc3cc4cc(c3O)Oc3ccc(cc3Cl)C(O)C3NC(=O)C(NC(=O)C4NC1=O)c1cc(Cl)c(O)c(c1)-c1c(O)cc(O)cc1C(C(=O)O)NC3=O)NC(=O)C2N.